The maximum absolute atomic E-state index is 14.0. The Bertz CT molecular complexity index is 984. The first kappa shape index (κ1) is 17.6. The van der Waals surface area contributed by atoms with Crippen LogP contribution in [0, 0.1) is 5.92 Å². The number of allylic oxidation sites excluding steroid dienone is 1. The van der Waals surface area contributed by atoms with Crippen LogP contribution in [-0.2, 0) is 4.79 Å². The van der Waals surface area contributed by atoms with Crippen LogP contribution in [0.1, 0.15) is 43.2 Å². The summed E-state index contributed by atoms with van der Waals surface area (Å²) < 4.78 is 0. The van der Waals surface area contributed by atoms with Crippen LogP contribution in [-0.4, -0.2) is 30.3 Å². The monoisotopic (exact) mass is 369 g/mol. The Morgan fingerprint density at radius 1 is 0.857 bits per heavy atom. The molecule has 2 heteroatoms. The van der Waals surface area contributed by atoms with Gasteiger partial charge in [-0.2, -0.15) is 0 Å². The molecule has 142 valence electrons. The quantitative estimate of drug-likeness (QED) is 0.678. The molecule has 28 heavy (non-hydrogen) atoms. The number of fused-ring (bicyclic) bond motifs is 2. The van der Waals surface area contributed by atoms with E-state index in [1.165, 1.54) is 29.6 Å². The van der Waals surface area contributed by atoms with Crippen LogP contribution in [0.25, 0.3) is 11.1 Å². The van der Waals surface area contributed by atoms with E-state index in [9.17, 15) is 4.79 Å². The number of hydrogen-bond donors (Lipinski definition) is 0. The summed E-state index contributed by atoms with van der Waals surface area (Å²) in [5.41, 5.74) is 7.16. The molecule has 0 fully saturated rings. The van der Waals surface area contributed by atoms with Gasteiger partial charge in [-0.1, -0.05) is 71.8 Å². The Morgan fingerprint density at radius 3 is 2.11 bits per heavy atom. The van der Waals surface area contributed by atoms with E-state index in [1.54, 1.807) is 5.57 Å². The van der Waals surface area contributed by atoms with Gasteiger partial charge in [0.25, 0.3) is 0 Å². The Balaban J connectivity index is 1.80. The number of carbonyl (C=O) groups is 1. The van der Waals surface area contributed by atoms with Crippen molar-refractivity contribution < 1.29 is 4.79 Å². The van der Waals surface area contributed by atoms with E-state index < -0.39 is 0 Å². The van der Waals surface area contributed by atoms with Crippen LogP contribution in [0.15, 0.2) is 71.8 Å². The molecule has 0 bridgehead atoms. The van der Waals surface area contributed by atoms with Crippen molar-refractivity contribution in [3.63, 3.8) is 0 Å². The van der Waals surface area contributed by atoms with Gasteiger partial charge < -0.3 is 0 Å². The fourth-order valence-electron chi connectivity index (χ4n) is 5.88. The van der Waals surface area contributed by atoms with E-state index in [4.69, 9.17) is 0 Å². The second-order valence-corrected chi connectivity index (χ2v) is 8.61. The van der Waals surface area contributed by atoms with Crippen molar-refractivity contribution in [1.82, 2.24) is 4.90 Å². The summed E-state index contributed by atoms with van der Waals surface area (Å²) in [6.45, 7) is 0. The SMILES string of the molecule is CN(C)[C@@]12CC3=C(CCCC3)[C@@H]1C(=O)C(c1ccccc1)=C2c1ccccc1. The van der Waals surface area contributed by atoms with Gasteiger partial charge in [0.05, 0.1) is 11.5 Å². The van der Waals surface area contributed by atoms with Crippen molar-refractivity contribution in [2.75, 3.05) is 14.1 Å². The van der Waals surface area contributed by atoms with Gasteiger partial charge in [-0.3, -0.25) is 9.69 Å². The lowest BCUT2D eigenvalue weighted by Crippen LogP contribution is -2.48. The molecule has 2 aromatic rings. The Labute approximate surface area is 167 Å². The molecule has 5 rings (SSSR count). The van der Waals surface area contributed by atoms with Gasteiger partial charge in [0.2, 0.25) is 0 Å². The van der Waals surface area contributed by atoms with Crippen molar-refractivity contribution in [2.45, 2.75) is 37.6 Å². The van der Waals surface area contributed by atoms with E-state index in [0.717, 1.165) is 30.4 Å². The van der Waals surface area contributed by atoms with Gasteiger partial charge in [-0.25, -0.2) is 0 Å². The summed E-state index contributed by atoms with van der Waals surface area (Å²) in [6.07, 6.45) is 5.72. The average Bonchev–Trinajstić information content (AvgIpc) is 3.20. The molecule has 0 heterocycles. The zero-order valence-electron chi connectivity index (χ0n) is 16.7. The normalized spacial score (nSPS) is 26.8. The molecule has 0 unspecified atom stereocenters. The highest BCUT2D eigenvalue weighted by molar-refractivity contribution is 6.35. The summed E-state index contributed by atoms with van der Waals surface area (Å²) >= 11 is 0. The van der Waals surface area contributed by atoms with Crippen molar-refractivity contribution >= 4 is 16.9 Å². The topological polar surface area (TPSA) is 20.3 Å². The third-order valence-corrected chi connectivity index (χ3v) is 7.05. The number of hydrogen-bond acceptors (Lipinski definition) is 2. The van der Waals surface area contributed by atoms with E-state index in [0.29, 0.717) is 5.78 Å². The first-order chi connectivity index (χ1) is 13.6. The van der Waals surface area contributed by atoms with E-state index in [1.807, 2.05) is 18.2 Å². The molecule has 0 aromatic heterocycles. The van der Waals surface area contributed by atoms with Gasteiger partial charge in [0, 0.05) is 5.57 Å². The van der Waals surface area contributed by atoms with Gasteiger partial charge >= 0.3 is 0 Å². The van der Waals surface area contributed by atoms with E-state index in [-0.39, 0.29) is 11.5 Å². The predicted octanol–water partition coefficient (Wildman–Crippen LogP) is 5.37. The summed E-state index contributed by atoms with van der Waals surface area (Å²) in [5, 5.41) is 0. The highest BCUT2D eigenvalue weighted by Crippen LogP contribution is 2.61. The molecule has 0 aliphatic heterocycles. The van der Waals surface area contributed by atoms with Crippen LogP contribution in [0.4, 0.5) is 0 Å². The van der Waals surface area contributed by atoms with Crippen LogP contribution in [0.3, 0.4) is 0 Å². The third-order valence-electron chi connectivity index (χ3n) is 7.05. The first-order valence-corrected chi connectivity index (χ1v) is 10.4. The van der Waals surface area contributed by atoms with Gasteiger partial charge in [-0.15, -0.1) is 0 Å². The average molecular weight is 370 g/mol. The molecule has 0 spiro atoms. The second kappa shape index (κ2) is 6.56. The number of Topliss-reactive ketones (excluding diaryl/α,β-unsaturated/α-hetero) is 1. The molecule has 0 saturated carbocycles. The molecule has 2 atom stereocenters. The standard InChI is InChI=1S/C26H27NO/c1-27(2)26-17-20-15-9-10-16-21(20)24(26)25(28)22(18-11-5-3-6-12-18)23(26)19-13-7-4-8-14-19/h3-8,11-14,24H,9-10,15-17H2,1-2H3/t24-,26-/m1/s1. The van der Waals surface area contributed by atoms with Crippen molar-refractivity contribution in [3.05, 3.63) is 82.9 Å². The Kier molecular flexibility index (Phi) is 4.13. The number of nitrogens with zero attached hydrogens (tertiary/aromatic N) is 1. The minimum absolute atomic E-state index is 0.0248. The number of carbonyl (C=O) groups excluding carboxylic acids is 1. The van der Waals surface area contributed by atoms with E-state index >= 15 is 0 Å². The molecule has 2 aromatic carbocycles. The van der Waals surface area contributed by atoms with Crippen molar-refractivity contribution in [1.29, 1.82) is 0 Å². The number of benzene rings is 2. The minimum Gasteiger partial charge on any atom is -0.298 e. The number of likely N-dealkylation sites (N-methyl/N-ethyl adjacent to an activating group) is 1. The van der Waals surface area contributed by atoms with Crippen LogP contribution >= 0.6 is 0 Å². The smallest absolute Gasteiger partial charge is 0.173 e. The molecule has 0 N–H and O–H groups in total. The molecular weight excluding hydrogens is 342 g/mol. The molecule has 3 aliphatic rings. The van der Waals surface area contributed by atoms with E-state index in [2.05, 4.69) is 61.5 Å². The molecule has 0 radical (unpaired) electrons. The molecule has 0 amide bonds. The van der Waals surface area contributed by atoms with Gasteiger partial charge in [0.15, 0.2) is 5.78 Å². The largest absolute Gasteiger partial charge is 0.298 e. The Hall–Kier alpha value is -2.45. The van der Waals surface area contributed by atoms with Gasteiger partial charge in [-0.05, 0) is 62.9 Å². The predicted molar refractivity (Wildman–Crippen MR) is 115 cm³/mol. The zero-order chi connectivity index (χ0) is 19.3. The molecule has 0 saturated heterocycles. The lowest BCUT2D eigenvalue weighted by atomic mass is 9.77. The number of rotatable bonds is 3. The summed E-state index contributed by atoms with van der Waals surface area (Å²) in [6, 6.07) is 20.9. The van der Waals surface area contributed by atoms with Crippen molar-refractivity contribution in [2.24, 2.45) is 5.92 Å². The van der Waals surface area contributed by atoms with Crippen LogP contribution in [0.2, 0.25) is 0 Å². The first-order valence-electron chi connectivity index (χ1n) is 10.4. The van der Waals surface area contributed by atoms with Crippen LogP contribution in [0.5, 0.6) is 0 Å². The van der Waals surface area contributed by atoms with Crippen LogP contribution < -0.4 is 0 Å². The fraction of sp³-hybridized carbons (Fsp3) is 0.346. The molecular formula is C26H27NO. The van der Waals surface area contributed by atoms with Crippen molar-refractivity contribution in [3.8, 4) is 0 Å². The molecule has 2 nitrogen and oxygen atoms in total. The Morgan fingerprint density at radius 2 is 1.46 bits per heavy atom. The second-order valence-electron chi connectivity index (χ2n) is 8.61. The highest BCUT2D eigenvalue weighted by atomic mass is 16.1. The highest BCUT2D eigenvalue weighted by Gasteiger charge is 2.60. The minimum atomic E-state index is -0.251. The lowest BCUT2D eigenvalue weighted by molar-refractivity contribution is -0.117. The maximum Gasteiger partial charge on any atom is 0.173 e. The van der Waals surface area contributed by atoms with Gasteiger partial charge in [0.1, 0.15) is 0 Å². The molecule has 3 aliphatic carbocycles. The lowest BCUT2D eigenvalue weighted by Gasteiger charge is -2.40. The summed E-state index contributed by atoms with van der Waals surface area (Å²) in [4.78, 5) is 16.4. The summed E-state index contributed by atoms with van der Waals surface area (Å²) in [7, 11) is 4.32. The maximum atomic E-state index is 14.0. The number of ketones is 1. The summed E-state index contributed by atoms with van der Waals surface area (Å²) in [5.74, 6) is 0.300. The third kappa shape index (κ3) is 2.34. The fourth-order valence-corrected chi connectivity index (χ4v) is 5.88. The zero-order valence-corrected chi connectivity index (χ0v) is 16.7.